The van der Waals surface area contributed by atoms with Crippen LogP contribution in [0, 0.1) is 6.92 Å². The molecule has 0 spiro atoms. The highest BCUT2D eigenvalue weighted by Crippen LogP contribution is 2.33. The molecule has 4 nitrogen and oxygen atoms in total. The summed E-state index contributed by atoms with van der Waals surface area (Å²) in [5, 5.41) is 0. The van der Waals surface area contributed by atoms with Gasteiger partial charge in [0.15, 0.2) is 0 Å². The largest absolute Gasteiger partial charge is 0.489 e. The van der Waals surface area contributed by atoms with E-state index >= 15 is 0 Å². The monoisotopic (exact) mass is 425 g/mol. The van der Waals surface area contributed by atoms with E-state index in [9.17, 15) is 4.79 Å². The van der Waals surface area contributed by atoms with Gasteiger partial charge in [0.25, 0.3) is 5.91 Å². The van der Waals surface area contributed by atoms with Crippen LogP contribution in [-0.4, -0.2) is 34.4 Å². The predicted octanol–water partition coefficient (Wildman–Crippen LogP) is 4.95. The second-order valence-corrected chi connectivity index (χ2v) is 8.95. The van der Waals surface area contributed by atoms with Gasteiger partial charge in [0, 0.05) is 6.61 Å². The van der Waals surface area contributed by atoms with Crippen molar-refractivity contribution in [3.8, 4) is 5.75 Å². The molecule has 1 amide bonds. The fourth-order valence-electron chi connectivity index (χ4n) is 3.31. The Morgan fingerprint density at radius 3 is 2.66 bits per heavy atom. The third kappa shape index (κ3) is 5.07. The van der Waals surface area contributed by atoms with E-state index in [4.69, 9.17) is 21.7 Å². The maximum Gasteiger partial charge on any atom is 0.266 e. The Labute approximate surface area is 180 Å². The molecule has 150 valence electrons. The third-order valence-electron chi connectivity index (χ3n) is 4.99. The minimum atomic E-state index is -0.0322. The quantitative estimate of drug-likeness (QED) is 0.483. The topological polar surface area (TPSA) is 38.8 Å². The number of thioether (sulfide) groups is 1. The van der Waals surface area contributed by atoms with Crippen molar-refractivity contribution in [3.05, 3.63) is 70.1 Å². The van der Waals surface area contributed by atoms with Gasteiger partial charge >= 0.3 is 0 Å². The Balaban J connectivity index is 1.37. The summed E-state index contributed by atoms with van der Waals surface area (Å²) in [5.41, 5.74) is 3.32. The average Bonchev–Trinajstić information content (AvgIpc) is 3.33. The molecular weight excluding hydrogens is 402 g/mol. The molecule has 2 aromatic carbocycles. The number of nitrogens with zero attached hydrogens (tertiary/aromatic N) is 1. The minimum Gasteiger partial charge on any atom is -0.489 e. The molecule has 0 radical (unpaired) electrons. The fraction of sp³-hybridized carbons (Fsp3) is 0.304. The van der Waals surface area contributed by atoms with E-state index in [-0.39, 0.29) is 12.0 Å². The van der Waals surface area contributed by atoms with Crippen LogP contribution < -0.4 is 4.74 Å². The summed E-state index contributed by atoms with van der Waals surface area (Å²) < 4.78 is 12.1. The van der Waals surface area contributed by atoms with Gasteiger partial charge in [-0.3, -0.25) is 9.69 Å². The van der Waals surface area contributed by atoms with Crippen LogP contribution in [0.25, 0.3) is 6.08 Å². The van der Waals surface area contributed by atoms with Gasteiger partial charge in [-0.25, -0.2) is 0 Å². The first-order chi connectivity index (χ1) is 14.1. The third-order valence-corrected chi connectivity index (χ3v) is 6.37. The predicted molar refractivity (Wildman–Crippen MR) is 121 cm³/mol. The summed E-state index contributed by atoms with van der Waals surface area (Å²) in [6, 6.07) is 16.1. The Hall–Kier alpha value is -2.15. The molecule has 2 heterocycles. The van der Waals surface area contributed by atoms with Crippen LogP contribution in [-0.2, 0) is 16.1 Å². The lowest BCUT2D eigenvalue weighted by Crippen LogP contribution is -2.35. The molecule has 2 saturated heterocycles. The molecule has 0 aromatic heterocycles. The molecule has 0 bridgehead atoms. The van der Waals surface area contributed by atoms with E-state index < -0.39 is 0 Å². The van der Waals surface area contributed by atoms with Crippen LogP contribution >= 0.6 is 24.0 Å². The average molecular weight is 426 g/mol. The number of rotatable bonds is 6. The molecule has 2 aliphatic rings. The maximum atomic E-state index is 12.7. The van der Waals surface area contributed by atoms with E-state index in [0.717, 1.165) is 36.3 Å². The van der Waals surface area contributed by atoms with Crippen molar-refractivity contribution in [3.63, 3.8) is 0 Å². The van der Waals surface area contributed by atoms with Gasteiger partial charge in [-0.15, -0.1) is 0 Å². The second kappa shape index (κ2) is 9.11. The molecule has 29 heavy (non-hydrogen) atoms. The second-order valence-electron chi connectivity index (χ2n) is 7.27. The zero-order valence-corrected chi connectivity index (χ0v) is 17.9. The number of thiocarbonyl (C=S) groups is 1. The summed E-state index contributed by atoms with van der Waals surface area (Å²) in [5.74, 6) is 0.767. The Morgan fingerprint density at radius 1 is 1.21 bits per heavy atom. The summed E-state index contributed by atoms with van der Waals surface area (Å²) in [7, 11) is 0. The zero-order chi connectivity index (χ0) is 20.2. The van der Waals surface area contributed by atoms with Gasteiger partial charge in [0.1, 0.15) is 16.7 Å². The maximum absolute atomic E-state index is 12.7. The smallest absolute Gasteiger partial charge is 0.266 e. The minimum absolute atomic E-state index is 0.0322. The van der Waals surface area contributed by atoms with Gasteiger partial charge in [0.05, 0.1) is 17.6 Å². The van der Waals surface area contributed by atoms with Crippen LogP contribution in [0.1, 0.15) is 29.5 Å². The van der Waals surface area contributed by atoms with E-state index in [1.807, 2.05) is 30.3 Å². The molecule has 2 aromatic rings. The van der Waals surface area contributed by atoms with Crippen molar-refractivity contribution < 1.29 is 14.3 Å². The highest BCUT2D eigenvalue weighted by Gasteiger charge is 2.34. The standard InChI is InChI=1S/C23H23NO3S2/c1-16-4-6-18(7-5-16)15-27-19-10-8-17(9-11-19)13-21-22(25)24(23(28)29-21)14-20-3-2-12-26-20/h4-11,13,20H,2-3,12,14-15H2,1H3/b21-13-/t20-/m0/s1. The van der Waals surface area contributed by atoms with Crippen molar-refractivity contribution in [2.45, 2.75) is 32.5 Å². The van der Waals surface area contributed by atoms with E-state index in [1.165, 1.54) is 17.3 Å². The number of aryl methyl sites for hydroxylation is 1. The number of carbonyl (C=O) groups excluding carboxylic acids is 1. The van der Waals surface area contributed by atoms with Crippen LogP contribution in [0.3, 0.4) is 0 Å². The normalized spacial score (nSPS) is 20.7. The number of benzene rings is 2. The highest BCUT2D eigenvalue weighted by atomic mass is 32.2. The first-order valence-electron chi connectivity index (χ1n) is 9.74. The van der Waals surface area contributed by atoms with Crippen molar-refractivity contribution >= 4 is 40.3 Å². The van der Waals surface area contributed by atoms with Crippen molar-refractivity contribution in [2.24, 2.45) is 0 Å². The Morgan fingerprint density at radius 2 is 1.97 bits per heavy atom. The van der Waals surface area contributed by atoms with Crippen molar-refractivity contribution in [2.75, 3.05) is 13.2 Å². The fourth-order valence-corrected chi connectivity index (χ4v) is 4.59. The number of amides is 1. The van der Waals surface area contributed by atoms with Gasteiger partial charge in [-0.2, -0.15) is 0 Å². The summed E-state index contributed by atoms with van der Waals surface area (Å²) >= 11 is 6.76. The van der Waals surface area contributed by atoms with Crippen LogP contribution in [0.15, 0.2) is 53.4 Å². The van der Waals surface area contributed by atoms with E-state index in [0.29, 0.717) is 22.4 Å². The lowest BCUT2D eigenvalue weighted by Gasteiger charge is -2.18. The number of carbonyl (C=O) groups is 1. The molecule has 0 aliphatic carbocycles. The number of hydrogen-bond acceptors (Lipinski definition) is 5. The van der Waals surface area contributed by atoms with Crippen molar-refractivity contribution in [1.29, 1.82) is 0 Å². The van der Waals surface area contributed by atoms with Gasteiger partial charge in [-0.05, 0) is 49.1 Å². The molecule has 2 aliphatic heterocycles. The zero-order valence-electron chi connectivity index (χ0n) is 16.3. The SMILES string of the molecule is Cc1ccc(COc2ccc(/C=C3\SC(=S)N(C[C@@H]4CCCO4)C3=O)cc2)cc1. The van der Waals surface area contributed by atoms with Crippen LogP contribution in [0.2, 0.25) is 0 Å². The van der Waals surface area contributed by atoms with Gasteiger partial charge in [0.2, 0.25) is 0 Å². The van der Waals surface area contributed by atoms with Gasteiger partial charge < -0.3 is 9.47 Å². The molecule has 0 unspecified atom stereocenters. The van der Waals surface area contributed by atoms with Crippen molar-refractivity contribution in [1.82, 2.24) is 4.90 Å². The first kappa shape index (κ1) is 20.1. The van der Waals surface area contributed by atoms with Crippen LogP contribution in [0.4, 0.5) is 0 Å². The number of hydrogen-bond donors (Lipinski definition) is 0. The number of ether oxygens (including phenoxy) is 2. The first-order valence-corrected chi connectivity index (χ1v) is 11.0. The molecular formula is C23H23NO3S2. The molecule has 2 fully saturated rings. The molecule has 0 N–H and O–H groups in total. The lowest BCUT2D eigenvalue weighted by molar-refractivity contribution is -0.123. The van der Waals surface area contributed by atoms with Crippen LogP contribution in [0.5, 0.6) is 5.75 Å². The Bertz CT molecular complexity index is 916. The highest BCUT2D eigenvalue weighted by molar-refractivity contribution is 8.26. The van der Waals surface area contributed by atoms with E-state index in [1.54, 1.807) is 4.90 Å². The molecule has 1 atom stereocenters. The molecule has 6 heteroatoms. The Kier molecular flexibility index (Phi) is 6.33. The molecule has 0 saturated carbocycles. The van der Waals surface area contributed by atoms with E-state index in [2.05, 4.69) is 31.2 Å². The lowest BCUT2D eigenvalue weighted by atomic mass is 10.1. The summed E-state index contributed by atoms with van der Waals surface area (Å²) in [4.78, 5) is 15.0. The molecule has 4 rings (SSSR count). The van der Waals surface area contributed by atoms with Gasteiger partial charge in [-0.1, -0.05) is 65.9 Å². The summed E-state index contributed by atoms with van der Waals surface area (Å²) in [6.07, 6.45) is 4.02. The summed E-state index contributed by atoms with van der Waals surface area (Å²) in [6.45, 7) is 3.92.